The summed E-state index contributed by atoms with van der Waals surface area (Å²) in [5.74, 6) is -0.252. The van der Waals surface area contributed by atoms with Crippen molar-refractivity contribution in [2.45, 2.75) is 6.92 Å². The highest BCUT2D eigenvalue weighted by Crippen LogP contribution is 2.03. The molecule has 56 valence electrons. The van der Waals surface area contributed by atoms with Crippen LogP contribution in [0, 0.1) is 0 Å². The zero-order valence-corrected chi connectivity index (χ0v) is 5.83. The van der Waals surface area contributed by atoms with Gasteiger partial charge in [0, 0.05) is 0 Å². The molecule has 10 heavy (non-hydrogen) atoms. The highest BCUT2D eigenvalue weighted by molar-refractivity contribution is 4.86. The molecule has 3 nitrogen and oxygen atoms in total. The zero-order chi connectivity index (χ0) is 7.98. The maximum atomic E-state index is 8.51. The molecule has 0 spiro atoms. The molecule has 0 fully saturated rings. The van der Waals surface area contributed by atoms with Crippen LogP contribution in [-0.4, -0.2) is 5.11 Å². The second-order valence-electron chi connectivity index (χ2n) is 1.39. The maximum absolute atomic E-state index is 8.51. The van der Waals surface area contributed by atoms with Crippen molar-refractivity contribution in [3.05, 3.63) is 37.4 Å². The summed E-state index contributed by atoms with van der Waals surface area (Å²) in [5.41, 5.74) is 0. The summed E-state index contributed by atoms with van der Waals surface area (Å²) in [7, 11) is 0. The molecule has 0 aliphatic rings. The van der Waals surface area contributed by atoms with Gasteiger partial charge in [-0.15, -0.1) is 0 Å². The van der Waals surface area contributed by atoms with Gasteiger partial charge in [0.25, 0.3) is 11.9 Å². The molecule has 0 rings (SSSR count). The first kappa shape index (κ1) is 8.62. The van der Waals surface area contributed by atoms with Crippen LogP contribution in [0.4, 0.5) is 0 Å². The van der Waals surface area contributed by atoms with Crippen LogP contribution in [0.5, 0.6) is 0 Å². The standard InChI is InChI=1S/C7H10O3/c1-4-7(9-5-2)10-6(3)8/h4-5,8H,2-3H2,1H3/b7-4-. The number of allylic oxidation sites excluding steroid dienone is 1. The van der Waals surface area contributed by atoms with Crippen LogP contribution in [0.3, 0.4) is 0 Å². The van der Waals surface area contributed by atoms with Crippen molar-refractivity contribution in [1.29, 1.82) is 0 Å². The molecular weight excluding hydrogens is 132 g/mol. The highest BCUT2D eigenvalue weighted by Gasteiger charge is 1.95. The Kier molecular flexibility index (Phi) is 3.87. The van der Waals surface area contributed by atoms with E-state index < -0.39 is 5.95 Å². The predicted molar refractivity (Wildman–Crippen MR) is 37.9 cm³/mol. The molecule has 0 heterocycles. The largest absolute Gasteiger partial charge is 0.481 e. The van der Waals surface area contributed by atoms with Gasteiger partial charge in [0.05, 0.1) is 6.26 Å². The Morgan fingerprint density at radius 3 is 2.50 bits per heavy atom. The van der Waals surface area contributed by atoms with Gasteiger partial charge in [-0.2, -0.15) is 0 Å². The molecule has 0 saturated heterocycles. The van der Waals surface area contributed by atoms with Crippen LogP contribution in [0.15, 0.2) is 37.4 Å². The Bertz CT molecular complexity index is 158. The molecule has 1 N–H and O–H groups in total. The lowest BCUT2D eigenvalue weighted by Crippen LogP contribution is -1.91. The van der Waals surface area contributed by atoms with Gasteiger partial charge in [0.15, 0.2) is 0 Å². The summed E-state index contributed by atoms with van der Waals surface area (Å²) in [6.45, 7) is 8.10. The van der Waals surface area contributed by atoms with Gasteiger partial charge in [-0.1, -0.05) is 6.58 Å². The predicted octanol–water partition coefficient (Wildman–Crippen LogP) is 2.05. The van der Waals surface area contributed by atoms with Gasteiger partial charge in [-0.25, -0.2) is 0 Å². The van der Waals surface area contributed by atoms with Crippen molar-refractivity contribution in [3.8, 4) is 0 Å². The average molecular weight is 142 g/mol. The Morgan fingerprint density at radius 2 is 2.20 bits per heavy atom. The van der Waals surface area contributed by atoms with E-state index in [1.54, 1.807) is 6.92 Å². The highest BCUT2D eigenvalue weighted by atomic mass is 16.7. The molecule has 0 bridgehead atoms. The fourth-order valence-electron chi connectivity index (χ4n) is 0.349. The Morgan fingerprint density at radius 1 is 1.60 bits per heavy atom. The van der Waals surface area contributed by atoms with E-state index in [0.29, 0.717) is 0 Å². The van der Waals surface area contributed by atoms with E-state index in [9.17, 15) is 0 Å². The first-order valence-electron chi connectivity index (χ1n) is 2.70. The molecule has 0 saturated carbocycles. The van der Waals surface area contributed by atoms with E-state index in [1.165, 1.54) is 12.3 Å². The third-order valence-electron chi connectivity index (χ3n) is 0.654. The van der Waals surface area contributed by atoms with E-state index in [-0.39, 0.29) is 5.95 Å². The number of rotatable bonds is 4. The van der Waals surface area contributed by atoms with E-state index in [4.69, 9.17) is 5.11 Å². The minimum absolute atomic E-state index is 0.155. The fourth-order valence-corrected chi connectivity index (χ4v) is 0.349. The molecule has 0 amide bonds. The van der Waals surface area contributed by atoms with E-state index in [2.05, 4.69) is 22.6 Å². The summed E-state index contributed by atoms with van der Waals surface area (Å²) in [4.78, 5) is 0. The first-order chi connectivity index (χ1) is 4.70. The molecule has 0 unspecified atom stereocenters. The summed E-state index contributed by atoms with van der Waals surface area (Å²) < 4.78 is 9.25. The van der Waals surface area contributed by atoms with Crippen molar-refractivity contribution < 1.29 is 14.6 Å². The van der Waals surface area contributed by atoms with Crippen molar-refractivity contribution in [2.75, 3.05) is 0 Å². The third-order valence-corrected chi connectivity index (χ3v) is 0.654. The minimum atomic E-state index is -0.407. The second-order valence-corrected chi connectivity index (χ2v) is 1.39. The quantitative estimate of drug-likeness (QED) is 0.610. The smallest absolute Gasteiger partial charge is 0.287 e. The third kappa shape index (κ3) is 3.60. The van der Waals surface area contributed by atoms with Crippen LogP contribution in [0.1, 0.15) is 6.92 Å². The van der Waals surface area contributed by atoms with Crippen LogP contribution < -0.4 is 0 Å². The van der Waals surface area contributed by atoms with Crippen molar-refractivity contribution >= 4 is 0 Å². The lowest BCUT2D eigenvalue weighted by atomic mass is 10.7. The summed E-state index contributed by atoms with van der Waals surface area (Å²) in [5, 5.41) is 8.51. The molecule has 0 aromatic heterocycles. The maximum Gasteiger partial charge on any atom is 0.287 e. The Hall–Kier alpha value is -1.38. The SMILES string of the molecule is C=CO/C(=C/C)OC(=C)O. The van der Waals surface area contributed by atoms with E-state index in [1.807, 2.05) is 0 Å². The topological polar surface area (TPSA) is 38.7 Å². The number of aliphatic hydroxyl groups is 1. The molecule has 3 heteroatoms. The minimum Gasteiger partial charge on any atom is -0.481 e. The van der Waals surface area contributed by atoms with Crippen LogP contribution in [0.2, 0.25) is 0 Å². The van der Waals surface area contributed by atoms with Gasteiger partial charge in [0.1, 0.15) is 0 Å². The summed E-state index contributed by atoms with van der Waals surface area (Å²) >= 11 is 0. The van der Waals surface area contributed by atoms with Gasteiger partial charge < -0.3 is 14.6 Å². The Labute approximate surface area is 59.9 Å². The number of ether oxygens (including phenoxy) is 2. The van der Waals surface area contributed by atoms with Crippen LogP contribution in [-0.2, 0) is 9.47 Å². The lowest BCUT2D eigenvalue weighted by molar-refractivity contribution is 0.0612. The number of hydrogen-bond donors (Lipinski definition) is 1. The van der Waals surface area contributed by atoms with E-state index >= 15 is 0 Å². The summed E-state index contributed by atoms with van der Waals surface area (Å²) in [6, 6.07) is 0. The Balaban J connectivity index is 3.84. The van der Waals surface area contributed by atoms with Gasteiger partial charge >= 0.3 is 0 Å². The second kappa shape index (κ2) is 4.49. The van der Waals surface area contributed by atoms with E-state index in [0.717, 1.165) is 0 Å². The molecule has 0 atom stereocenters. The van der Waals surface area contributed by atoms with Crippen LogP contribution in [0.25, 0.3) is 0 Å². The van der Waals surface area contributed by atoms with Gasteiger partial charge in [-0.05, 0) is 19.6 Å². The zero-order valence-electron chi connectivity index (χ0n) is 5.83. The first-order valence-corrected chi connectivity index (χ1v) is 2.70. The van der Waals surface area contributed by atoms with Gasteiger partial charge in [0.2, 0.25) is 0 Å². The van der Waals surface area contributed by atoms with Gasteiger partial charge in [-0.3, -0.25) is 0 Å². The number of hydrogen-bond acceptors (Lipinski definition) is 3. The number of aliphatic hydroxyl groups excluding tert-OH is 1. The van der Waals surface area contributed by atoms with Crippen LogP contribution >= 0.6 is 0 Å². The molecule has 0 aliphatic heterocycles. The fraction of sp³-hybridized carbons (Fsp3) is 0.143. The molecule has 0 aromatic rings. The molecule has 0 aliphatic carbocycles. The average Bonchev–Trinajstić information content (AvgIpc) is 1.86. The molecule has 0 aromatic carbocycles. The monoisotopic (exact) mass is 142 g/mol. The van der Waals surface area contributed by atoms with Crippen molar-refractivity contribution in [1.82, 2.24) is 0 Å². The molecular formula is C7H10O3. The summed E-state index contributed by atoms with van der Waals surface area (Å²) in [6.07, 6.45) is 2.72. The van der Waals surface area contributed by atoms with Crippen molar-refractivity contribution in [2.24, 2.45) is 0 Å². The molecule has 0 radical (unpaired) electrons. The normalized spacial score (nSPS) is 10.3. The lowest BCUT2D eigenvalue weighted by Gasteiger charge is -2.04. The van der Waals surface area contributed by atoms with Crippen molar-refractivity contribution in [3.63, 3.8) is 0 Å².